The van der Waals surface area contributed by atoms with E-state index in [1.54, 1.807) is 0 Å². The van der Waals surface area contributed by atoms with Crippen molar-refractivity contribution in [3.05, 3.63) is 57.6 Å². The first-order valence-corrected chi connectivity index (χ1v) is 11.6. The number of carboxylic acids is 2. The molecule has 14 heteroatoms. The van der Waals surface area contributed by atoms with Crippen molar-refractivity contribution in [2.24, 2.45) is 0 Å². The van der Waals surface area contributed by atoms with Crippen LogP contribution < -0.4 is 9.44 Å². The van der Waals surface area contributed by atoms with E-state index in [1.165, 1.54) is 0 Å². The van der Waals surface area contributed by atoms with Gasteiger partial charge in [-0.1, -0.05) is 23.2 Å². The van der Waals surface area contributed by atoms with Gasteiger partial charge in [-0.2, -0.15) is 0 Å². The van der Waals surface area contributed by atoms with Gasteiger partial charge in [-0.3, -0.25) is 0 Å². The molecule has 30 heavy (non-hydrogen) atoms. The van der Waals surface area contributed by atoms with Gasteiger partial charge in [0.2, 0.25) is 20.0 Å². The Bertz CT molecular complexity index is 1120. The minimum atomic E-state index is -4.14. The van der Waals surface area contributed by atoms with Crippen molar-refractivity contribution >= 4 is 55.2 Å². The SMILES string of the molecule is O=C(O)c1cc(S(=O)(=O)NCCNS(=O)(=O)c2ccc(Cl)c(C(=O)O)c2)ccc1Cl. The molecule has 0 fully saturated rings. The Morgan fingerprint density at radius 3 is 1.37 bits per heavy atom. The van der Waals surface area contributed by atoms with E-state index in [4.69, 9.17) is 33.4 Å². The molecular formula is C16H14Cl2N2O8S2. The van der Waals surface area contributed by atoms with Crippen molar-refractivity contribution in [3.8, 4) is 0 Å². The summed E-state index contributed by atoms with van der Waals surface area (Å²) >= 11 is 11.4. The Balaban J connectivity index is 2.07. The molecule has 0 saturated heterocycles. The summed E-state index contributed by atoms with van der Waals surface area (Å²) in [6.45, 7) is -0.738. The van der Waals surface area contributed by atoms with Crippen LogP contribution in [0.2, 0.25) is 10.0 Å². The van der Waals surface area contributed by atoms with Crippen molar-refractivity contribution in [1.29, 1.82) is 0 Å². The van der Waals surface area contributed by atoms with Crippen molar-refractivity contribution in [1.82, 2.24) is 9.44 Å². The number of carboxylic acid groups (broad SMARTS) is 2. The number of hydrogen-bond acceptors (Lipinski definition) is 6. The van der Waals surface area contributed by atoms with E-state index in [2.05, 4.69) is 9.44 Å². The molecule has 0 atom stereocenters. The number of nitrogens with one attached hydrogen (secondary N) is 2. The summed E-state index contributed by atoms with van der Waals surface area (Å²) in [5, 5.41) is 17.8. The quantitative estimate of drug-likeness (QED) is 0.380. The zero-order valence-corrected chi connectivity index (χ0v) is 17.9. The van der Waals surface area contributed by atoms with E-state index in [0.717, 1.165) is 36.4 Å². The summed E-state index contributed by atoms with van der Waals surface area (Å²) in [7, 11) is -8.28. The van der Waals surface area contributed by atoms with Gasteiger partial charge in [0.25, 0.3) is 0 Å². The largest absolute Gasteiger partial charge is 0.478 e. The van der Waals surface area contributed by atoms with E-state index in [9.17, 15) is 26.4 Å². The lowest BCUT2D eigenvalue weighted by atomic mass is 10.2. The first kappa shape index (κ1) is 24.1. The summed E-state index contributed by atoms with van der Waals surface area (Å²) in [4.78, 5) is 21.4. The maximum atomic E-state index is 12.3. The minimum absolute atomic E-state index is 0.141. The van der Waals surface area contributed by atoms with Gasteiger partial charge >= 0.3 is 11.9 Å². The predicted octanol–water partition coefficient (Wildman–Crippen LogP) is 1.65. The lowest BCUT2D eigenvalue weighted by Crippen LogP contribution is -2.34. The van der Waals surface area contributed by atoms with Gasteiger partial charge in [-0.25, -0.2) is 35.9 Å². The third-order valence-corrected chi connectivity index (χ3v) is 7.24. The second-order valence-electron chi connectivity index (χ2n) is 5.69. The molecule has 0 aromatic heterocycles. The summed E-state index contributed by atoms with van der Waals surface area (Å²) < 4.78 is 53.3. The molecule has 2 rings (SSSR count). The maximum Gasteiger partial charge on any atom is 0.337 e. The second-order valence-corrected chi connectivity index (χ2v) is 10.0. The maximum absolute atomic E-state index is 12.3. The third kappa shape index (κ3) is 5.68. The molecule has 0 aliphatic carbocycles. The van der Waals surface area contributed by atoms with Crippen LogP contribution in [0.5, 0.6) is 0 Å². The summed E-state index contributed by atoms with van der Waals surface area (Å²) in [6.07, 6.45) is 0. The van der Waals surface area contributed by atoms with E-state index in [-0.39, 0.29) is 32.9 Å². The number of sulfonamides is 2. The number of carbonyl (C=O) groups is 2. The lowest BCUT2D eigenvalue weighted by molar-refractivity contribution is 0.0686. The topological polar surface area (TPSA) is 167 Å². The lowest BCUT2D eigenvalue weighted by Gasteiger charge is -2.10. The van der Waals surface area contributed by atoms with Crippen LogP contribution in [0.25, 0.3) is 0 Å². The third-order valence-electron chi connectivity index (χ3n) is 3.67. The zero-order chi connectivity index (χ0) is 22.7. The zero-order valence-electron chi connectivity index (χ0n) is 14.8. The normalized spacial score (nSPS) is 11.9. The van der Waals surface area contributed by atoms with Crippen LogP contribution in [0.15, 0.2) is 46.2 Å². The summed E-state index contributed by atoms with van der Waals surface area (Å²) in [6, 6.07) is 6.17. The Labute approximate surface area is 181 Å². The Morgan fingerprint density at radius 2 is 1.07 bits per heavy atom. The highest BCUT2D eigenvalue weighted by atomic mass is 35.5. The van der Waals surface area contributed by atoms with E-state index < -0.39 is 43.1 Å². The average molecular weight is 497 g/mol. The molecule has 162 valence electrons. The average Bonchev–Trinajstić information content (AvgIpc) is 2.65. The van der Waals surface area contributed by atoms with E-state index in [0.29, 0.717) is 0 Å². The van der Waals surface area contributed by atoms with Gasteiger partial charge in [0.05, 0.1) is 31.0 Å². The van der Waals surface area contributed by atoms with Crippen molar-refractivity contribution in [3.63, 3.8) is 0 Å². The fraction of sp³-hybridized carbons (Fsp3) is 0.125. The first-order valence-electron chi connectivity index (χ1n) is 7.90. The Morgan fingerprint density at radius 1 is 0.733 bits per heavy atom. The summed E-state index contributed by atoms with van der Waals surface area (Å²) in [5.74, 6) is -2.82. The Kier molecular flexibility index (Phi) is 7.45. The van der Waals surface area contributed by atoms with Gasteiger partial charge in [0.15, 0.2) is 0 Å². The Hall–Kier alpha value is -2.22. The molecule has 0 bridgehead atoms. The molecule has 0 unspecified atom stereocenters. The molecule has 4 N–H and O–H groups in total. The van der Waals surface area contributed by atoms with Gasteiger partial charge in [-0.15, -0.1) is 0 Å². The highest BCUT2D eigenvalue weighted by molar-refractivity contribution is 7.90. The summed E-state index contributed by atoms with van der Waals surface area (Å²) in [5.41, 5.74) is -0.811. The van der Waals surface area contributed by atoms with E-state index >= 15 is 0 Å². The van der Waals surface area contributed by atoms with Crippen LogP contribution in [-0.4, -0.2) is 52.1 Å². The molecule has 0 amide bonds. The van der Waals surface area contributed by atoms with Crippen LogP contribution >= 0.6 is 23.2 Å². The van der Waals surface area contributed by atoms with Crippen molar-refractivity contribution < 1.29 is 36.6 Å². The first-order chi connectivity index (χ1) is 13.8. The number of halogens is 2. The fourth-order valence-electron chi connectivity index (χ4n) is 2.21. The van der Waals surface area contributed by atoms with Crippen molar-refractivity contribution in [2.75, 3.05) is 13.1 Å². The standard InChI is InChI=1S/C16H14Cl2N2O8S2/c17-13-3-1-9(7-11(13)15(21)22)29(25,26)19-5-6-20-30(27,28)10-2-4-14(18)12(8-10)16(23)24/h1-4,7-8,19-20H,5-6H2,(H,21,22)(H,23,24). The van der Waals surface area contributed by atoms with Gasteiger partial charge < -0.3 is 10.2 Å². The number of rotatable bonds is 9. The monoisotopic (exact) mass is 496 g/mol. The predicted molar refractivity (Wildman–Crippen MR) is 107 cm³/mol. The fourth-order valence-corrected chi connectivity index (χ4v) is 4.72. The molecule has 0 saturated carbocycles. The number of hydrogen-bond donors (Lipinski definition) is 4. The molecule has 0 radical (unpaired) electrons. The molecule has 0 aliphatic heterocycles. The van der Waals surface area contributed by atoms with Crippen LogP contribution in [0.4, 0.5) is 0 Å². The molecule has 0 spiro atoms. The highest BCUT2D eigenvalue weighted by Gasteiger charge is 2.20. The van der Waals surface area contributed by atoms with Gasteiger partial charge in [-0.05, 0) is 36.4 Å². The molecule has 0 aliphatic rings. The van der Waals surface area contributed by atoms with Crippen LogP contribution in [-0.2, 0) is 20.0 Å². The molecular weight excluding hydrogens is 483 g/mol. The smallest absolute Gasteiger partial charge is 0.337 e. The second kappa shape index (κ2) is 9.29. The van der Waals surface area contributed by atoms with E-state index in [1.807, 2.05) is 0 Å². The number of aromatic carboxylic acids is 2. The molecule has 10 nitrogen and oxygen atoms in total. The van der Waals surface area contributed by atoms with Gasteiger partial charge in [0, 0.05) is 13.1 Å². The highest BCUT2D eigenvalue weighted by Crippen LogP contribution is 2.21. The molecule has 0 heterocycles. The molecule has 2 aromatic carbocycles. The minimum Gasteiger partial charge on any atom is -0.478 e. The van der Waals surface area contributed by atoms with Crippen LogP contribution in [0.3, 0.4) is 0 Å². The molecule has 2 aromatic rings. The van der Waals surface area contributed by atoms with Crippen LogP contribution in [0, 0.1) is 0 Å². The van der Waals surface area contributed by atoms with Gasteiger partial charge in [0.1, 0.15) is 0 Å². The van der Waals surface area contributed by atoms with Crippen LogP contribution in [0.1, 0.15) is 20.7 Å². The van der Waals surface area contributed by atoms with Crippen molar-refractivity contribution in [2.45, 2.75) is 9.79 Å². The number of benzene rings is 2.